The quantitative estimate of drug-likeness (QED) is 0.384. The number of benzene rings is 3. The van der Waals surface area contributed by atoms with Gasteiger partial charge in [-0.2, -0.15) is 5.26 Å². The van der Waals surface area contributed by atoms with Crippen molar-refractivity contribution in [3.05, 3.63) is 59.7 Å². The molecule has 0 spiro atoms. The Bertz CT molecular complexity index is 1620. The number of para-hydroxylation sites is 2. The van der Waals surface area contributed by atoms with Crippen molar-refractivity contribution in [2.24, 2.45) is 0 Å². The number of carbonyl (C=O) groups is 1. The van der Waals surface area contributed by atoms with Gasteiger partial charge >= 0.3 is 0 Å². The van der Waals surface area contributed by atoms with Gasteiger partial charge in [0, 0.05) is 42.3 Å². The molecule has 1 aliphatic rings. The third-order valence-electron chi connectivity index (χ3n) is 6.56. The van der Waals surface area contributed by atoms with Crippen LogP contribution in [0.4, 0.5) is 0 Å². The molecule has 8 nitrogen and oxygen atoms in total. The van der Waals surface area contributed by atoms with E-state index in [1.165, 1.54) is 0 Å². The first-order chi connectivity index (χ1) is 16.7. The number of aliphatic hydroxyl groups excluding tert-OH is 2. The van der Waals surface area contributed by atoms with Gasteiger partial charge in [-0.05, 0) is 17.7 Å². The molecular weight excluding hydrogens is 432 g/mol. The standard InChI is InChI=1S/C25H20N4O3.CH4O/c1-32-19(13-30)29-18-9-5-3-7-15(18)20-16-12-27-25(31)22(16)21-14-6-2-4-8-17(14)28(11-10-26)23(21)24(20)29;1-2/h2-9,19,30H,11-13H2,1H3,(H,27,31);2H,1H3. The molecule has 0 radical (unpaired) electrons. The highest BCUT2D eigenvalue weighted by Crippen LogP contribution is 2.45. The van der Waals surface area contributed by atoms with Crippen molar-refractivity contribution in [2.75, 3.05) is 20.8 Å². The lowest BCUT2D eigenvalue weighted by atomic mass is 9.97. The van der Waals surface area contributed by atoms with Crippen LogP contribution in [0.5, 0.6) is 0 Å². The van der Waals surface area contributed by atoms with Crippen molar-refractivity contribution < 1.29 is 19.7 Å². The number of aromatic nitrogens is 2. The molecule has 0 aliphatic carbocycles. The highest BCUT2D eigenvalue weighted by Gasteiger charge is 2.33. The normalized spacial score (nSPS) is 13.7. The zero-order valence-corrected chi connectivity index (χ0v) is 18.9. The van der Waals surface area contributed by atoms with Crippen LogP contribution in [0.25, 0.3) is 43.6 Å². The number of hydrogen-bond acceptors (Lipinski definition) is 5. The number of hydrogen-bond donors (Lipinski definition) is 3. The van der Waals surface area contributed by atoms with E-state index in [-0.39, 0.29) is 19.1 Å². The van der Waals surface area contributed by atoms with E-state index in [1.807, 2.05) is 57.7 Å². The lowest BCUT2D eigenvalue weighted by molar-refractivity contribution is 0.00336. The van der Waals surface area contributed by atoms with Gasteiger partial charge in [-0.25, -0.2) is 0 Å². The number of carbonyl (C=O) groups excluding carboxylic acids is 1. The van der Waals surface area contributed by atoms with Crippen LogP contribution >= 0.6 is 0 Å². The Morgan fingerprint density at radius 2 is 1.71 bits per heavy atom. The first kappa shape index (κ1) is 21.9. The Kier molecular flexibility index (Phi) is 5.46. The molecule has 5 aromatic rings. The Hall–Kier alpha value is -3.90. The Morgan fingerprint density at radius 3 is 2.35 bits per heavy atom. The zero-order chi connectivity index (χ0) is 24.0. The topological polar surface area (TPSA) is 112 Å². The van der Waals surface area contributed by atoms with E-state index in [0.29, 0.717) is 12.1 Å². The van der Waals surface area contributed by atoms with Crippen LogP contribution in [0.2, 0.25) is 0 Å². The number of nitriles is 1. The smallest absolute Gasteiger partial charge is 0.252 e. The number of aliphatic hydroxyl groups is 2. The fourth-order valence-corrected chi connectivity index (χ4v) is 5.36. The zero-order valence-electron chi connectivity index (χ0n) is 18.9. The largest absolute Gasteiger partial charge is 0.400 e. The van der Waals surface area contributed by atoms with E-state index in [4.69, 9.17) is 9.84 Å². The van der Waals surface area contributed by atoms with Crippen LogP contribution in [-0.4, -0.2) is 46.1 Å². The maximum Gasteiger partial charge on any atom is 0.252 e. The predicted molar refractivity (Wildman–Crippen MR) is 131 cm³/mol. The molecule has 34 heavy (non-hydrogen) atoms. The summed E-state index contributed by atoms with van der Waals surface area (Å²) < 4.78 is 9.65. The number of methoxy groups -OCH3 is 1. The summed E-state index contributed by atoms with van der Waals surface area (Å²) in [6.07, 6.45) is -0.614. The average molecular weight is 457 g/mol. The number of amides is 1. The minimum absolute atomic E-state index is 0.103. The van der Waals surface area contributed by atoms with Crippen molar-refractivity contribution in [1.29, 1.82) is 5.26 Å². The van der Waals surface area contributed by atoms with Gasteiger partial charge in [0.15, 0.2) is 6.23 Å². The van der Waals surface area contributed by atoms with Crippen molar-refractivity contribution >= 4 is 49.5 Å². The highest BCUT2D eigenvalue weighted by atomic mass is 16.5. The van der Waals surface area contributed by atoms with Crippen LogP contribution in [0, 0.1) is 11.3 Å². The molecule has 1 unspecified atom stereocenters. The van der Waals surface area contributed by atoms with Gasteiger partial charge in [0.25, 0.3) is 5.91 Å². The Labute approximate surface area is 195 Å². The third-order valence-corrected chi connectivity index (χ3v) is 6.56. The van der Waals surface area contributed by atoms with Gasteiger partial charge in [0.1, 0.15) is 6.54 Å². The molecule has 3 heterocycles. The predicted octanol–water partition coefficient (Wildman–Crippen LogP) is 3.42. The van der Waals surface area contributed by atoms with Gasteiger partial charge in [-0.3, -0.25) is 4.79 Å². The molecule has 3 N–H and O–H groups in total. The average Bonchev–Trinajstić information content (AvgIpc) is 3.52. The van der Waals surface area contributed by atoms with Crippen molar-refractivity contribution in [1.82, 2.24) is 14.5 Å². The van der Waals surface area contributed by atoms with Crippen molar-refractivity contribution in [3.8, 4) is 6.07 Å². The second-order valence-corrected chi connectivity index (χ2v) is 8.00. The summed E-state index contributed by atoms with van der Waals surface area (Å²) in [5.41, 5.74) is 5.09. The van der Waals surface area contributed by atoms with E-state index >= 15 is 0 Å². The fourth-order valence-electron chi connectivity index (χ4n) is 5.36. The molecule has 0 saturated heterocycles. The van der Waals surface area contributed by atoms with Crippen LogP contribution in [-0.2, 0) is 17.8 Å². The Balaban J connectivity index is 0.00000117. The van der Waals surface area contributed by atoms with E-state index in [2.05, 4.69) is 11.4 Å². The monoisotopic (exact) mass is 456 g/mol. The molecule has 1 atom stereocenters. The first-order valence-corrected chi connectivity index (χ1v) is 10.9. The molecule has 3 aromatic carbocycles. The lowest BCUT2D eigenvalue weighted by Gasteiger charge is -2.19. The fraction of sp³-hybridized carbons (Fsp3) is 0.231. The third kappa shape index (κ3) is 2.78. The van der Waals surface area contributed by atoms with E-state index in [1.54, 1.807) is 7.11 Å². The molecule has 0 bridgehead atoms. The molecule has 2 aromatic heterocycles. The van der Waals surface area contributed by atoms with Crippen LogP contribution in [0.1, 0.15) is 22.1 Å². The summed E-state index contributed by atoms with van der Waals surface area (Å²) in [6, 6.07) is 18.1. The number of rotatable bonds is 4. The van der Waals surface area contributed by atoms with Crippen molar-refractivity contribution in [2.45, 2.75) is 19.3 Å². The molecule has 0 fully saturated rings. The van der Waals surface area contributed by atoms with Crippen LogP contribution in [0.15, 0.2) is 48.5 Å². The number of ether oxygens (including phenoxy) is 1. The van der Waals surface area contributed by atoms with E-state index < -0.39 is 6.23 Å². The molecule has 172 valence electrons. The minimum Gasteiger partial charge on any atom is -0.400 e. The molecule has 6 rings (SSSR count). The first-order valence-electron chi connectivity index (χ1n) is 10.9. The van der Waals surface area contributed by atoms with Gasteiger partial charge in [0.2, 0.25) is 0 Å². The van der Waals surface area contributed by atoms with E-state index in [9.17, 15) is 15.2 Å². The van der Waals surface area contributed by atoms with Gasteiger partial charge in [-0.15, -0.1) is 0 Å². The van der Waals surface area contributed by atoms with E-state index in [0.717, 1.165) is 56.3 Å². The minimum atomic E-state index is -0.614. The summed E-state index contributed by atoms with van der Waals surface area (Å²) >= 11 is 0. The SMILES string of the molecule is CO.COC(CO)n1c2ccccc2c2c3c(c4c5ccccc5n(CC#N)c4c21)C(=O)NC3. The van der Waals surface area contributed by atoms with Crippen LogP contribution < -0.4 is 5.32 Å². The Morgan fingerprint density at radius 1 is 1.06 bits per heavy atom. The molecule has 0 saturated carbocycles. The maximum atomic E-state index is 13.1. The second-order valence-electron chi connectivity index (χ2n) is 8.00. The number of nitrogens with zero attached hydrogens (tertiary/aromatic N) is 3. The van der Waals surface area contributed by atoms with Crippen molar-refractivity contribution in [3.63, 3.8) is 0 Å². The molecule has 8 heteroatoms. The molecular formula is C26H24N4O4. The van der Waals surface area contributed by atoms with Gasteiger partial charge in [-0.1, -0.05) is 36.4 Å². The summed E-state index contributed by atoms with van der Waals surface area (Å²) in [4.78, 5) is 13.1. The van der Waals surface area contributed by atoms with Gasteiger partial charge < -0.3 is 29.4 Å². The number of nitrogens with one attached hydrogen (secondary N) is 1. The summed E-state index contributed by atoms with van der Waals surface area (Å²) in [6.45, 7) is 0.361. The highest BCUT2D eigenvalue weighted by molar-refractivity contribution is 6.30. The maximum absolute atomic E-state index is 13.1. The molecule has 1 aliphatic heterocycles. The second kappa shape index (κ2) is 8.47. The summed E-state index contributed by atoms with van der Waals surface area (Å²) in [7, 11) is 2.57. The van der Waals surface area contributed by atoms with Crippen LogP contribution in [0.3, 0.4) is 0 Å². The molecule has 1 amide bonds. The lowest BCUT2D eigenvalue weighted by Crippen LogP contribution is -2.15. The van der Waals surface area contributed by atoms with Gasteiger partial charge in [0.05, 0.1) is 40.3 Å². The summed E-state index contributed by atoms with van der Waals surface area (Å²) in [5.74, 6) is -0.103. The number of fused-ring (bicyclic) bond motifs is 10. The summed E-state index contributed by atoms with van der Waals surface area (Å²) in [5, 5.41) is 33.5.